The number of nitrogens with one attached hydrogen (secondary N) is 1. The highest BCUT2D eigenvalue weighted by atomic mass is 19.4. The molecule has 0 radical (unpaired) electrons. The molecule has 0 spiro atoms. The van der Waals surface area contributed by atoms with Gasteiger partial charge in [0, 0.05) is 12.5 Å². The number of aliphatic hydroxyl groups excluding tert-OH is 3. The third kappa shape index (κ3) is 3.66. The number of benzene rings is 1. The van der Waals surface area contributed by atoms with E-state index in [0.29, 0.717) is 11.4 Å². The number of rotatable bonds is 4. The maximum absolute atomic E-state index is 12.6. The molecule has 10 heteroatoms. The van der Waals surface area contributed by atoms with Gasteiger partial charge in [-0.3, -0.25) is 0 Å². The third-order valence-corrected chi connectivity index (χ3v) is 4.23. The van der Waals surface area contributed by atoms with E-state index in [1.807, 2.05) is 0 Å². The van der Waals surface area contributed by atoms with Crippen molar-refractivity contribution in [2.75, 3.05) is 6.61 Å². The van der Waals surface area contributed by atoms with Gasteiger partial charge in [-0.2, -0.15) is 13.2 Å². The SMILES string of the molecule is OC[C@@H]1N[C@H](Cc2cn(-c3ccc(C(F)(F)F)cc3)nn2)[C@H](O)[C@H]1O. The number of nitrogens with zero attached hydrogens (tertiary/aromatic N) is 3. The standard InChI is InChI=1S/C15H17F3N4O3/c16-15(17,18)8-1-3-10(4-2-8)22-6-9(20-21-22)5-11-13(24)14(25)12(7-23)19-11/h1-4,6,11-14,19,23-25H,5,7H2/t11-,12+,13+,14+/m1/s1. The van der Waals surface area contributed by atoms with Gasteiger partial charge in [0.15, 0.2) is 0 Å². The molecule has 2 aromatic rings. The van der Waals surface area contributed by atoms with Crippen LogP contribution in [-0.2, 0) is 12.6 Å². The van der Waals surface area contributed by atoms with Crippen LogP contribution in [0.2, 0.25) is 0 Å². The molecule has 1 aliphatic rings. The van der Waals surface area contributed by atoms with Gasteiger partial charge >= 0.3 is 6.18 Å². The number of aromatic nitrogens is 3. The number of hydrogen-bond acceptors (Lipinski definition) is 6. The quantitative estimate of drug-likeness (QED) is 0.608. The van der Waals surface area contributed by atoms with Crippen molar-refractivity contribution in [3.8, 4) is 5.69 Å². The summed E-state index contributed by atoms with van der Waals surface area (Å²) in [6.45, 7) is -0.313. The van der Waals surface area contributed by atoms with Crippen molar-refractivity contribution in [2.24, 2.45) is 0 Å². The van der Waals surface area contributed by atoms with Crippen molar-refractivity contribution in [2.45, 2.75) is 36.9 Å². The van der Waals surface area contributed by atoms with Crippen LogP contribution in [-0.4, -0.2) is 61.2 Å². The van der Waals surface area contributed by atoms with Crippen molar-refractivity contribution in [3.63, 3.8) is 0 Å². The number of aliphatic hydroxyl groups is 3. The van der Waals surface area contributed by atoms with Crippen LogP contribution in [0.4, 0.5) is 13.2 Å². The first-order chi connectivity index (χ1) is 11.8. The molecule has 136 valence electrons. The van der Waals surface area contributed by atoms with E-state index in [9.17, 15) is 23.4 Å². The van der Waals surface area contributed by atoms with Gasteiger partial charge in [0.2, 0.25) is 0 Å². The first kappa shape index (κ1) is 17.8. The Morgan fingerprint density at radius 2 is 1.72 bits per heavy atom. The summed E-state index contributed by atoms with van der Waals surface area (Å²) in [4.78, 5) is 0. The number of halogens is 3. The summed E-state index contributed by atoms with van der Waals surface area (Å²) in [5.74, 6) is 0. The van der Waals surface area contributed by atoms with Crippen LogP contribution in [0.3, 0.4) is 0 Å². The molecule has 2 heterocycles. The smallest absolute Gasteiger partial charge is 0.395 e. The Hall–Kier alpha value is -2.01. The molecule has 25 heavy (non-hydrogen) atoms. The van der Waals surface area contributed by atoms with E-state index < -0.39 is 36.0 Å². The molecule has 7 nitrogen and oxygen atoms in total. The average molecular weight is 358 g/mol. The van der Waals surface area contributed by atoms with E-state index in [1.165, 1.54) is 23.0 Å². The van der Waals surface area contributed by atoms with Crippen molar-refractivity contribution in [3.05, 3.63) is 41.7 Å². The van der Waals surface area contributed by atoms with Crippen molar-refractivity contribution < 1.29 is 28.5 Å². The molecule has 0 amide bonds. The minimum atomic E-state index is -4.40. The lowest BCUT2D eigenvalue weighted by Gasteiger charge is -2.13. The zero-order valence-electron chi connectivity index (χ0n) is 12.9. The monoisotopic (exact) mass is 358 g/mol. The molecule has 1 saturated heterocycles. The van der Waals surface area contributed by atoms with Crippen molar-refractivity contribution >= 4 is 0 Å². The number of hydrogen-bond donors (Lipinski definition) is 4. The van der Waals surface area contributed by atoms with E-state index in [2.05, 4.69) is 15.6 Å². The molecule has 3 rings (SSSR count). The Balaban J connectivity index is 1.71. The van der Waals surface area contributed by atoms with Gasteiger partial charge in [-0.15, -0.1) is 5.10 Å². The molecule has 0 aliphatic carbocycles. The predicted molar refractivity (Wildman–Crippen MR) is 79.9 cm³/mol. The first-order valence-corrected chi connectivity index (χ1v) is 7.61. The second-order valence-corrected chi connectivity index (χ2v) is 5.95. The van der Waals surface area contributed by atoms with Gasteiger partial charge < -0.3 is 20.6 Å². The molecule has 1 aromatic heterocycles. The van der Waals surface area contributed by atoms with Crippen molar-refractivity contribution in [1.29, 1.82) is 0 Å². The summed E-state index contributed by atoms with van der Waals surface area (Å²) < 4.78 is 39.1. The van der Waals surface area contributed by atoms with E-state index in [4.69, 9.17) is 5.11 Å². The zero-order valence-corrected chi connectivity index (χ0v) is 12.9. The molecule has 4 atom stereocenters. The highest BCUT2D eigenvalue weighted by Gasteiger charge is 2.40. The van der Waals surface area contributed by atoms with Gasteiger partial charge in [-0.25, -0.2) is 4.68 Å². The maximum atomic E-state index is 12.6. The first-order valence-electron chi connectivity index (χ1n) is 7.61. The Kier molecular flexibility index (Phi) is 4.78. The normalized spacial score (nSPS) is 27.0. The zero-order chi connectivity index (χ0) is 18.2. The molecule has 4 N–H and O–H groups in total. The van der Waals surface area contributed by atoms with Gasteiger partial charge in [0.05, 0.1) is 48.0 Å². The largest absolute Gasteiger partial charge is 0.416 e. The van der Waals surface area contributed by atoms with Crippen LogP contribution in [0.25, 0.3) is 5.69 Å². The lowest BCUT2D eigenvalue weighted by Crippen LogP contribution is -2.37. The van der Waals surface area contributed by atoms with E-state index in [1.54, 1.807) is 0 Å². The predicted octanol–water partition coefficient (Wildman–Crippen LogP) is -0.117. The third-order valence-electron chi connectivity index (χ3n) is 4.23. The summed E-state index contributed by atoms with van der Waals surface area (Å²) in [5.41, 5.74) is 0.154. The fraction of sp³-hybridized carbons (Fsp3) is 0.467. The Morgan fingerprint density at radius 3 is 2.28 bits per heavy atom. The molecule has 1 fully saturated rings. The summed E-state index contributed by atoms with van der Waals surface area (Å²) >= 11 is 0. The molecule has 0 bridgehead atoms. The van der Waals surface area contributed by atoms with Crippen LogP contribution in [0.15, 0.2) is 30.5 Å². The van der Waals surface area contributed by atoms with Gasteiger partial charge in [0.25, 0.3) is 0 Å². The molecular formula is C15H17F3N4O3. The second kappa shape index (κ2) is 6.71. The average Bonchev–Trinajstić information content (AvgIpc) is 3.14. The van der Waals surface area contributed by atoms with E-state index in [-0.39, 0.29) is 13.0 Å². The highest BCUT2D eigenvalue weighted by Crippen LogP contribution is 2.29. The molecule has 0 saturated carbocycles. The highest BCUT2D eigenvalue weighted by molar-refractivity contribution is 5.35. The maximum Gasteiger partial charge on any atom is 0.416 e. The molecule has 0 unspecified atom stereocenters. The summed E-state index contributed by atoms with van der Waals surface area (Å²) in [6, 6.07) is 3.36. The van der Waals surface area contributed by atoms with Crippen LogP contribution < -0.4 is 5.32 Å². The van der Waals surface area contributed by atoms with Gasteiger partial charge in [-0.1, -0.05) is 5.21 Å². The van der Waals surface area contributed by atoms with Crippen LogP contribution in [0.5, 0.6) is 0 Å². The molecule has 1 aromatic carbocycles. The Morgan fingerprint density at radius 1 is 1.08 bits per heavy atom. The number of alkyl halides is 3. The Bertz CT molecular complexity index is 720. The second-order valence-electron chi connectivity index (χ2n) is 5.95. The van der Waals surface area contributed by atoms with Crippen LogP contribution in [0.1, 0.15) is 11.3 Å². The summed E-state index contributed by atoms with van der Waals surface area (Å²) in [6.07, 6.45) is -4.76. The molecular weight excluding hydrogens is 341 g/mol. The van der Waals surface area contributed by atoms with E-state index >= 15 is 0 Å². The molecule has 1 aliphatic heterocycles. The lowest BCUT2D eigenvalue weighted by atomic mass is 10.0. The minimum absolute atomic E-state index is 0.245. The minimum Gasteiger partial charge on any atom is -0.395 e. The van der Waals surface area contributed by atoms with E-state index in [0.717, 1.165) is 12.1 Å². The van der Waals surface area contributed by atoms with Crippen molar-refractivity contribution in [1.82, 2.24) is 20.3 Å². The lowest BCUT2D eigenvalue weighted by molar-refractivity contribution is -0.137. The summed E-state index contributed by atoms with van der Waals surface area (Å²) in [7, 11) is 0. The van der Waals surface area contributed by atoms with Gasteiger partial charge in [-0.05, 0) is 24.3 Å². The topological polar surface area (TPSA) is 103 Å². The fourth-order valence-corrected chi connectivity index (χ4v) is 2.84. The van der Waals surface area contributed by atoms with Crippen LogP contribution >= 0.6 is 0 Å². The Labute approximate surface area is 140 Å². The summed E-state index contributed by atoms with van der Waals surface area (Å²) in [5, 5.41) is 39.6. The van der Waals surface area contributed by atoms with Gasteiger partial charge in [0.1, 0.15) is 0 Å². The fourth-order valence-electron chi connectivity index (χ4n) is 2.84. The van der Waals surface area contributed by atoms with Crippen LogP contribution in [0, 0.1) is 0 Å².